The largest absolute Gasteiger partial charge is 0.426 e. The van der Waals surface area contributed by atoms with Crippen LogP contribution in [-0.4, -0.2) is 22.1 Å². The van der Waals surface area contributed by atoms with Gasteiger partial charge in [0.15, 0.2) is 0 Å². The van der Waals surface area contributed by atoms with Crippen molar-refractivity contribution < 1.29 is 9.21 Å². The van der Waals surface area contributed by atoms with Crippen molar-refractivity contribution in [2.75, 3.05) is 0 Å². The van der Waals surface area contributed by atoms with Gasteiger partial charge in [0.05, 0.1) is 0 Å². The lowest BCUT2D eigenvalue weighted by molar-refractivity contribution is -0.121. The molecule has 1 aromatic rings. The Morgan fingerprint density at radius 1 is 1.50 bits per heavy atom. The van der Waals surface area contributed by atoms with E-state index in [4.69, 9.17) is 4.42 Å². The first kappa shape index (κ1) is 10.7. The van der Waals surface area contributed by atoms with Crippen LogP contribution in [0.15, 0.2) is 4.42 Å². The maximum atomic E-state index is 11.2. The zero-order chi connectivity index (χ0) is 10.6. The normalized spacial score (nSPS) is 10.6. The number of amides is 1. The van der Waals surface area contributed by atoms with Crippen LogP contribution in [0.3, 0.4) is 0 Å². The number of aromatic nitrogens is 2. The molecule has 0 bridgehead atoms. The van der Waals surface area contributed by atoms with Crippen LogP contribution in [0.25, 0.3) is 0 Å². The molecule has 5 nitrogen and oxygen atoms in total. The molecule has 1 heterocycles. The number of hydrogen-bond donors (Lipinski definition) is 1. The van der Waals surface area contributed by atoms with E-state index in [1.807, 2.05) is 13.8 Å². The average molecular weight is 197 g/mol. The van der Waals surface area contributed by atoms with Crippen molar-refractivity contribution >= 4 is 5.91 Å². The van der Waals surface area contributed by atoms with E-state index in [0.717, 1.165) is 0 Å². The van der Waals surface area contributed by atoms with E-state index in [9.17, 15) is 4.79 Å². The second kappa shape index (κ2) is 4.74. The fourth-order valence-corrected chi connectivity index (χ4v) is 1.05. The number of nitrogens with zero attached hydrogens (tertiary/aromatic N) is 2. The lowest BCUT2D eigenvalue weighted by Crippen LogP contribution is -2.30. The summed E-state index contributed by atoms with van der Waals surface area (Å²) in [4.78, 5) is 11.2. The number of aryl methyl sites for hydroxylation is 2. The summed E-state index contributed by atoms with van der Waals surface area (Å²) in [7, 11) is 0. The Labute approximate surface area is 82.9 Å². The van der Waals surface area contributed by atoms with Crippen molar-refractivity contribution in [1.29, 1.82) is 0 Å². The van der Waals surface area contributed by atoms with Crippen molar-refractivity contribution in [3.8, 4) is 0 Å². The van der Waals surface area contributed by atoms with Crippen LogP contribution in [0.5, 0.6) is 0 Å². The maximum Gasteiger partial charge on any atom is 0.220 e. The van der Waals surface area contributed by atoms with E-state index < -0.39 is 0 Å². The molecular formula is C9H15N3O2. The fraction of sp³-hybridized carbons (Fsp3) is 0.667. The summed E-state index contributed by atoms with van der Waals surface area (Å²) in [6.07, 6.45) is 0.888. The van der Waals surface area contributed by atoms with Crippen molar-refractivity contribution in [3.63, 3.8) is 0 Å². The summed E-state index contributed by atoms with van der Waals surface area (Å²) in [6, 6.07) is 0.173. The third-order valence-corrected chi connectivity index (χ3v) is 1.58. The van der Waals surface area contributed by atoms with E-state index in [0.29, 0.717) is 24.6 Å². The predicted molar refractivity (Wildman–Crippen MR) is 50.6 cm³/mol. The number of carbonyl (C=O) groups is 1. The smallest absolute Gasteiger partial charge is 0.220 e. The van der Waals surface area contributed by atoms with Gasteiger partial charge in [-0.3, -0.25) is 4.79 Å². The Bertz CT molecular complexity index is 307. The molecule has 0 saturated carbocycles. The van der Waals surface area contributed by atoms with Crippen LogP contribution < -0.4 is 5.32 Å². The van der Waals surface area contributed by atoms with Gasteiger partial charge in [-0.2, -0.15) is 0 Å². The molecule has 0 aliphatic heterocycles. The number of nitrogens with one attached hydrogen (secondary N) is 1. The van der Waals surface area contributed by atoms with E-state index in [2.05, 4.69) is 15.5 Å². The Morgan fingerprint density at radius 2 is 2.21 bits per heavy atom. The van der Waals surface area contributed by atoms with Crippen LogP contribution in [0.1, 0.15) is 32.0 Å². The molecule has 0 spiro atoms. The summed E-state index contributed by atoms with van der Waals surface area (Å²) in [6.45, 7) is 5.58. The summed E-state index contributed by atoms with van der Waals surface area (Å²) < 4.78 is 5.14. The minimum absolute atomic E-state index is 0.0100. The highest BCUT2D eigenvalue weighted by atomic mass is 16.4. The van der Waals surface area contributed by atoms with Crippen LogP contribution in [0.2, 0.25) is 0 Å². The van der Waals surface area contributed by atoms with E-state index in [-0.39, 0.29) is 11.9 Å². The molecule has 1 amide bonds. The van der Waals surface area contributed by atoms with Gasteiger partial charge in [0.25, 0.3) is 0 Å². The van der Waals surface area contributed by atoms with E-state index in [1.54, 1.807) is 6.92 Å². The topological polar surface area (TPSA) is 68.0 Å². The first-order valence-corrected chi connectivity index (χ1v) is 4.66. The Kier molecular flexibility index (Phi) is 3.62. The van der Waals surface area contributed by atoms with Crippen LogP contribution >= 0.6 is 0 Å². The van der Waals surface area contributed by atoms with Gasteiger partial charge in [-0.15, -0.1) is 10.2 Å². The molecule has 0 aliphatic carbocycles. The highest BCUT2D eigenvalue weighted by molar-refractivity contribution is 5.76. The SMILES string of the molecule is Cc1nnc(CCC(=O)NC(C)C)o1. The molecule has 0 aromatic carbocycles. The number of rotatable bonds is 4. The number of carbonyl (C=O) groups excluding carboxylic acids is 1. The standard InChI is InChI=1S/C9H15N3O2/c1-6(2)10-8(13)4-5-9-12-11-7(3)14-9/h6H,4-5H2,1-3H3,(H,10,13). The molecule has 0 atom stereocenters. The minimum atomic E-state index is 0.0100. The molecule has 78 valence electrons. The summed E-state index contributed by atoms with van der Waals surface area (Å²) in [5, 5.41) is 10.3. The van der Waals surface area contributed by atoms with Gasteiger partial charge in [-0.1, -0.05) is 0 Å². The van der Waals surface area contributed by atoms with Crippen molar-refractivity contribution in [3.05, 3.63) is 11.8 Å². The van der Waals surface area contributed by atoms with Crippen molar-refractivity contribution in [2.24, 2.45) is 0 Å². The van der Waals surface area contributed by atoms with Gasteiger partial charge in [0, 0.05) is 25.8 Å². The molecule has 0 unspecified atom stereocenters. The average Bonchev–Trinajstić information content (AvgIpc) is 2.47. The zero-order valence-electron chi connectivity index (χ0n) is 8.70. The Morgan fingerprint density at radius 3 is 2.71 bits per heavy atom. The quantitative estimate of drug-likeness (QED) is 0.776. The molecule has 0 saturated heterocycles. The summed E-state index contributed by atoms with van der Waals surface area (Å²) in [5.41, 5.74) is 0. The first-order chi connectivity index (χ1) is 6.58. The molecule has 5 heteroatoms. The third-order valence-electron chi connectivity index (χ3n) is 1.58. The van der Waals surface area contributed by atoms with Gasteiger partial charge < -0.3 is 9.73 Å². The predicted octanol–water partition coefficient (Wildman–Crippen LogP) is 0.835. The first-order valence-electron chi connectivity index (χ1n) is 4.66. The minimum Gasteiger partial charge on any atom is -0.426 e. The van der Waals surface area contributed by atoms with Crippen LogP contribution in [0.4, 0.5) is 0 Å². The summed E-state index contributed by atoms with van der Waals surface area (Å²) in [5.74, 6) is 1.06. The zero-order valence-corrected chi connectivity index (χ0v) is 8.70. The van der Waals surface area contributed by atoms with Crippen LogP contribution in [-0.2, 0) is 11.2 Å². The Balaban J connectivity index is 2.30. The molecule has 1 N–H and O–H groups in total. The molecule has 0 radical (unpaired) electrons. The molecular weight excluding hydrogens is 182 g/mol. The molecule has 14 heavy (non-hydrogen) atoms. The molecule has 1 aromatic heterocycles. The van der Waals surface area contributed by atoms with Gasteiger partial charge in [0.1, 0.15) is 0 Å². The highest BCUT2D eigenvalue weighted by Gasteiger charge is 2.07. The van der Waals surface area contributed by atoms with Gasteiger partial charge >= 0.3 is 0 Å². The van der Waals surface area contributed by atoms with Crippen LogP contribution in [0, 0.1) is 6.92 Å². The molecule has 0 fully saturated rings. The lowest BCUT2D eigenvalue weighted by atomic mass is 10.3. The second-order valence-corrected chi connectivity index (χ2v) is 3.44. The van der Waals surface area contributed by atoms with E-state index in [1.165, 1.54) is 0 Å². The lowest BCUT2D eigenvalue weighted by Gasteiger charge is -2.06. The second-order valence-electron chi connectivity index (χ2n) is 3.44. The Hall–Kier alpha value is -1.39. The molecule has 0 aliphatic rings. The fourth-order valence-electron chi connectivity index (χ4n) is 1.05. The van der Waals surface area contributed by atoms with E-state index >= 15 is 0 Å². The molecule has 1 rings (SSSR count). The number of hydrogen-bond acceptors (Lipinski definition) is 4. The van der Waals surface area contributed by atoms with Crippen molar-refractivity contribution in [1.82, 2.24) is 15.5 Å². The van der Waals surface area contributed by atoms with Gasteiger partial charge in [0.2, 0.25) is 17.7 Å². The third kappa shape index (κ3) is 3.55. The monoisotopic (exact) mass is 197 g/mol. The highest BCUT2D eigenvalue weighted by Crippen LogP contribution is 2.01. The van der Waals surface area contributed by atoms with Gasteiger partial charge in [-0.25, -0.2) is 0 Å². The summed E-state index contributed by atoms with van der Waals surface area (Å²) >= 11 is 0. The maximum absolute atomic E-state index is 11.2. The van der Waals surface area contributed by atoms with Gasteiger partial charge in [-0.05, 0) is 13.8 Å². The van der Waals surface area contributed by atoms with Crippen molar-refractivity contribution in [2.45, 2.75) is 39.7 Å².